The number of carbonyl (C=O) groups excluding carboxylic acids is 1. The number of aliphatic hydroxyl groups is 1. The van der Waals surface area contributed by atoms with Crippen molar-refractivity contribution >= 4 is 5.91 Å². The summed E-state index contributed by atoms with van der Waals surface area (Å²) < 4.78 is 0. The van der Waals surface area contributed by atoms with Gasteiger partial charge in [0.15, 0.2) is 0 Å². The Bertz CT molecular complexity index is 433. The number of amides is 1. The van der Waals surface area contributed by atoms with E-state index in [0.717, 1.165) is 37.9 Å². The maximum absolute atomic E-state index is 12.5. The van der Waals surface area contributed by atoms with Crippen LogP contribution >= 0.6 is 0 Å². The first-order valence-electron chi connectivity index (χ1n) is 7.41. The molecule has 2 heterocycles. The Hall–Kier alpha value is -1.42. The molecule has 1 saturated heterocycles. The van der Waals surface area contributed by atoms with E-state index in [2.05, 4.69) is 11.9 Å². The lowest BCUT2D eigenvalue weighted by atomic mass is 9.77. The Morgan fingerprint density at radius 3 is 2.70 bits per heavy atom. The van der Waals surface area contributed by atoms with Crippen molar-refractivity contribution in [3.8, 4) is 0 Å². The normalized spacial score (nSPS) is 19.6. The van der Waals surface area contributed by atoms with Crippen LogP contribution < -0.4 is 0 Å². The number of likely N-dealkylation sites (tertiary alicyclic amines) is 1. The predicted molar refractivity (Wildman–Crippen MR) is 78.3 cm³/mol. The Morgan fingerprint density at radius 2 is 2.20 bits per heavy atom. The van der Waals surface area contributed by atoms with Gasteiger partial charge in [-0.15, -0.1) is 0 Å². The maximum Gasteiger partial charge on any atom is 0.229 e. The molecule has 1 aromatic heterocycles. The third kappa shape index (κ3) is 3.01. The fourth-order valence-electron chi connectivity index (χ4n) is 2.87. The van der Waals surface area contributed by atoms with Crippen LogP contribution in [0.2, 0.25) is 0 Å². The van der Waals surface area contributed by atoms with Gasteiger partial charge in [0.05, 0.1) is 5.92 Å². The van der Waals surface area contributed by atoms with E-state index < -0.39 is 0 Å². The lowest BCUT2D eigenvalue weighted by Gasteiger charge is -2.41. The number of pyridine rings is 1. The van der Waals surface area contributed by atoms with Crippen molar-refractivity contribution in [1.82, 2.24) is 9.88 Å². The van der Waals surface area contributed by atoms with Crippen molar-refractivity contribution in [3.05, 3.63) is 30.1 Å². The first-order chi connectivity index (χ1) is 9.62. The van der Waals surface area contributed by atoms with Gasteiger partial charge >= 0.3 is 0 Å². The minimum absolute atomic E-state index is 0.0221. The van der Waals surface area contributed by atoms with Crippen molar-refractivity contribution in [2.75, 3.05) is 19.7 Å². The Kier molecular flexibility index (Phi) is 4.76. The molecule has 1 aliphatic rings. The number of rotatable bonds is 4. The van der Waals surface area contributed by atoms with Crippen LogP contribution in [0, 0.1) is 5.41 Å². The van der Waals surface area contributed by atoms with Gasteiger partial charge in [-0.3, -0.25) is 9.78 Å². The number of aliphatic hydroxyl groups excluding tert-OH is 1. The molecule has 0 bridgehead atoms. The quantitative estimate of drug-likeness (QED) is 0.917. The molecule has 110 valence electrons. The lowest BCUT2D eigenvalue weighted by molar-refractivity contribution is -0.135. The van der Waals surface area contributed by atoms with Gasteiger partial charge in [-0.25, -0.2) is 0 Å². The highest BCUT2D eigenvalue weighted by molar-refractivity contribution is 5.83. The topological polar surface area (TPSA) is 53.4 Å². The molecule has 2 rings (SSSR count). The molecular weight excluding hydrogens is 252 g/mol. The fourth-order valence-corrected chi connectivity index (χ4v) is 2.87. The largest absolute Gasteiger partial charge is 0.396 e. The van der Waals surface area contributed by atoms with Gasteiger partial charge in [0, 0.05) is 32.1 Å². The molecular formula is C16H24N2O2. The van der Waals surface area contributed by atoms with Gasteiger partial charge in [-0.2, -0.15) is 0 Å². The van der Waals surface area contributed by atoms with E-state index in [1.807, 2.05) is 24.0 Å². The molecule has 1 N–H and O–H groups in total. The first kappa shape index (κ1) is 15.0. The molecule has 0 saturated carbocycles. The third-order valence-corrected chi connectivity index (χ3v) is 4.78. The summed E-state index contributed by atoms with van der Waals surface area (Å²) in [6, 6.07) is 3.81. The van der Waals surface area contributed by atoms with Crippen molar-refractivity contribution in [1.29, 1.82) is 0 Å². The van der Waals surface area contributed by atoms with E-state index in [-0.39, 0.29) is 23.8 Å². The molecule has 20 heavy (non-hydrogen) atoms. The third-order valence-electron chi connectivity index (χ3n) is 4.78. The predicted octanol–water partition coefficient (Wildman–Crippen LogP) is 2.20. The number of carbonyl (C=O) groups is 1. The van der Waals surface area contributed by atoms with Crippen LogP contribution in [0.25, 0.3) is 0 Å². The summed E-state index contributed by atoms with van der Waals surface area (Å²) in [5.74, 6) is 0.0209. The Balaban J connectivity index is 1.98. The van der Waals surface area contributed by atoms with Crippen LogP contribution in [-0.2, 0) is 4.79 Å². The van der Waals surface area contributed by atoms with Crippen molar-refractivity contribution in [3.63, 3.8) is 0 Å². The molecule has 0 aliphatic carbocycles. The molecule has 0 aromatic carbocycles. The van der Waals surface area contributed by atoms with E-state index in [1.54, 1.807) is 12.4 Å². The number of nitrogens with zero attached hydrogens (tertiary/aromatic N) is 2. The van der Waals surface area contributed by atoms with Gasteiger partial charge in [0.25, 0.3) is 0 Å². The zero-order chi connectivity index (χ0) is 14.6. The Morgan fingerprint density at radius 1 is 1.50 bits per heavy atom. The molecule has 4 nitrogen and oxygen atoms in total. The SMILES string of the molecule is CCC1(CO)CCN(C(=O)C(C)c2cccnc2)CC1. The van der Waals surface area contributed by atoms with E-state index >= 15 is 0 Å². The minimum Gasteiger partial charge on any atom is -0.396 e. The molecule has 0 spiro atoms. The van der Waals surface area contributed by atoms with Crippen LogP contribution in [-0.4, -0.2) is 40.6 Å². The molecule has 1 atom stereocenters. The summed E-state index contributed by atoms with van der Waals surface area (Å²) in [5.41, 5.74) is 0.987. The van der Waals surface area contributed by atoms with Crippen LogP contribution in [0.15, 0.2) is 24.5 Å². The average molecular weight is 276 g/mol. The van der Waals surface area contributed by atoms with Crippen LogP contribution in [0.5, 0.6) is 0 Å². The number of hydrogen-bond donors (Lipinski definition) is 1. The molecule has 1 aromatic rings. The highest BCUT2D eigenvalue weighted by Gasteiger charge is 2.35. The van der Waals surface area contributed by atoms with Gasteiger partial charge in [-0.1, -0.05) is 13.0 Å². The van der Waals surface area contributed by atoms with Crippen LogP contribution in [0.4, 0.5) is 0 Å². The summed E-state index contributed by atoms with van der Waals surface area (Å²) in [4.78, 5) is 18.5. The van der Waals surface area contributed by atoms with Crippen molar-refractivity contribution < 1.29 is 9.90 Å². The molecule has 0 radical (unpaired) electrons. The van der Waals surface area contributed by atoms with E-state index in [9.17, 15) is 9.90 Å². The second kappa shape index (κ2) is 6.35. The smallest absolute Gasteiger partial charge is 0.229 e. The van der Waals surface area contributed by atoms with Gasteiger partial charge < -0.3 is 10.0 Å². The summed E-state index contributed by atoms with van der Waals surface area (Å²) in [6.45, 7) is 5.78. The average Bonchev–Trinajstić information content (AvgIpc) is 2.54. The summed E-state index contributed by atoms with van der Waals surface area (Å²) in [7, 11) is 0. The van der Waals surface area contributed by atoms with Crippen molar-refractivity contribution in [2.24, 2.45) is 5.41 Å². The second-order valence-electron chi connectivity index (χ2n) is 5.84. The zero-order valence-electron chi connectivity index (χ0n) is 12.4. The molecule has 1 aliphatic heterocycles. The highest BCUT2D eigenvalue weighted by atomic mass is 16.3. The minimum atomic E-state index is -0.146. The molecule has 1 fully saturated rings. The monoisotopic (exact) mass is 276 g/mol. The van der Waals surface area contributed by atoms with Gasteiger partial charge in [0.1, 0.15) is 0 Å². The number of aromatic nitrogens is 1. The second-order valence-corrected chi connectivity index (χ2v) is 5.84. The molecule has 4 heteroatoms. The zero-order valence-corrected chi connectivity index (χ0v) is 12.4. The van der Waals surface area contributed by atoms with E-state index in [0.29, 0.717) is 0 Å². The summed E-state index contributed by atoms with van der Waals surface area (Å²) >= 11 is 0. The molecule has 1 unspecified atom stereocenters. The summed E-state index contributed by atoms with van der Waals surface area (Å²) in [5, 5.41) is 9.54. The van der Waals surface area contributed by atoms with Gasteiger partial charge in [0.2, 0.25) is 5.91 Å². The highest BCUT2D eigenvalue weighted by Crippen LogP contribution is 2.35. The standard InChI is InChI=1S/C16H24N2O2/c1-3-16(12-19)6-9-18(10-7-16)15(20)13(2)14-5-4-8-17-11-14/h4-5,8,11,13,19H,3,6-7,9-10,12H2,1-2H3. The van der Waals surface area contributed by atoms with Crippen molar-refractivity contribution in [2.45, 2.75) is 39.0 Å². The first-order valence-corrected chi connectivity index (χ1v) is 7.41. The lowest BCUT2D eigenvalue weighted by Crippen LogP contribution is -2.45. The maximum atomic E-state index is 12.5. The number of piperidine rings is 1. The molecule has 1 amide bonds. The fraction of sp³-hybridized carbons (Fsp3) is 0.625. The van der Waals surface area contributed by atoms with Gasteiger partial charge in [-0.05, 0) is 43.2 Å². The van der Waals surface area contributed by atoms with Crippen LogP contribution in [0.3, 0.4) is 0 Å². The number of hydrogen-bond acceptors (Lipinski definition) is 3. The van der Waals surface area contributed by atoms with E-state index in [1.165, 1.54) is 0 Å². The summed E-state index contributed by atoms with van der Waals surface area (Å²) in [6.07, 6.45) is 6.25. The van der Waals surface area contributed by atoms with Crippen LogP contribution in [0.1, 0.15) is 44.6 Å². The Labute approximate surface area is 120 Å². The van der Waals surface area contributed by atoms with E-state index in [4.69, 9.17) is 0 Å².